The lowest BCUT2D eigenvalue weighted by Crippen LogP contribution is -2.51. The van der Waals surface area contributed by atoms with Gasteiger partial charge in [0.15, 0.2) is 6.61 Å². The smallest absolute Gasteiger partial charge is 0.264 e. The van der Waals surface area contributed by atoms with E-state index in [0.717, 1.165) is 16.0 Å². The number of carbonyl (C=O) groups is 1. The molecule has 192 valence electrons. The van der Waals surface area contributed by atoms with Gasteiger partial charge in [-0.15, -0.1) is 23.1 Å². The molecule has 1 aliphatic heterocycles. The zero-order valence-corrected chi connectivity index (χ0v) is 21.9. The Bertz CT molecular complexity index is 1290. The number of rotatable bonds is 9. The van der Waals surface area contributed by atoms with Gasteiger partial charge in [0.2, 0.25) is 5.82 Å². The van der Waals surface area contributed by atoms with Crippen LogP contribution in [0.2, 0.25) is 0 Å². The lowest BCUT2D eigenvalue weighted by Gasteiger charge is -2.40. The molecule has 1 fully saturated rings. The Morgan fingerprint density at radius 2 is 1.97 bits per heavy atom. The monoisotopic (exact) mass is 536 g/mol. The van der Waals surface area contributed by atoms with Crippen LogP contribution in [0.4, 0.5) is 4.79 Å². The predicted molar refractivity (Wildman–Crippen MR) is 140 cm³/mol. The summed E-state index contributed by atoms with van der Waals surface area (Å²) in [6, 6.07) is 19.9. The first kappa shape index (κ1) is 25.3. The number of carboxylic acid groups (broad SMARTS) is 1. The van der Waals surface area contributed by atoms with E-state index in [0.29, 0.717) is 37.0 Å². The second-order valence-corrected chi connectivity index (χ2v) is 10.5. The number of hydrogen-bond acceptors (Lipinski definition) is 9. The molecule has 0 bridgehead atoms. The van der Waals surface area contributed by atoms with Crippen molar-refractivity contribution in [2.24, 2.45) is 0 Å². The average molecular weight is 537 g/mol. The number of benzene rings is 2. The van der Waals surface area contributed by atoms with E-state index >= 15 is 0 Å². The van der Waals surface area contributed by atoms with E-state index in [-0.39, 0.29) is 25.2 Å². The quantitative estimate of drug-likeness (QED) is 0.281. The van der Waals surface area contributed by atoms with Gasteiger partial charge in [0.25, 0.3) is 5.89 Å². The third kappa shape index (κ3) is 6.33. The Morgan fingerprint density at radius 1 is 1.16 bits per heavy atom. The minimum atomic E-state index is -1.16. The number of thiophene rings is 1. The third-order valence-electron chi connectivity index (χ3n) is 6.32. The van der Waals surface area contributed by atoms with Crippen molar-refractivity contribution >= 4 is 29.2 Å². The summed E-state index contributed by atoms with van der Waals surface area (Å²) in [6.07, 6.45) is 1.24. The topological polar surface area (TPSA) is 101 Å². The Labute approximate surface area is 223 Å². The molecule has 4 aromatic rings. The van der Waals surface area contributed by atoms with Crippen LogP contribution in [0.3, 0.4) is 0 Å². The molecule has 0 saturated carbocycles. The van der Waals surface area contributed by atoms with Crippen LogP contribution in [0, 0.1) is 0 Å². The molecule has 5 rings (SSSR count). The highest BCUT2D eigenvalue weighted by atomic mass is 32.2. The molecule has 2 unspecified atom stereocenters. The second-order valence-electron chi connectivity index (χ2n) is 8.65. The molecule has 0 aliphatic carbocycles. The van der Waals surface area contributed by atoms with Gasteiger partial charge in [0.05, 0.1) is 17.6 Å². The lowest BCUT2D eigenvalue weighted by molar-refractivity contribution is -0.268. The van der Waals surface area contributed by atoms with Gasteiger partial charge in [-0.05, 0) is 59.5 Å². The van der Waals surface area contributed by atoms with E-state index in [1.165, 1.54) is 9.80 Å². The Balaban J connectivity index is 1.22. The summed E-state index contributed by atoms with van der Waals surface area (Å²) in [7, 11) is 0. The molecule has 37 heavy (non-hydrogen) atoms. The number of carbonyl (C=O) groups excluding carboxylic acids is 1. The molecule has 3 heterocycles. The SMILES string of the molecule is CSc1ccc(COC2CN(C(=O)[O-])CCC2c2ccc(OCc3nc(-c4cccs4)no3)cc2)cc1. The molecule has 2 atom stereocenters. The van der Waals surface area contributed by atoms with Crippen molar-refractivity contribution in [2.75, 3.05) is 19.3 Å². The Morgan fingerprint density at radius 3 is 2.68 bits per heavy atom. The van der Waals surface area contributed by atoms with Crippen LogP contribution >= 0.6 is 23.1 Å². The third-order valence-corrected chi connectivity index (χ3v) is 7.93. The molecule has 0 spiro atoms. The van der Waals surface area contributed by atoms with Gasteiger partial charge in [-0.25, -0.2) is 0 Å². The molecule has 1 amide bonds. The molecule has 0 N–H and O–H groups in total. The normalized spacial score (nSPS) is 17.6. The fourth-order valence-corrected chi connectivity index (χ4v) is 5.39. The maximum atomic E-state index is 11.5. The number of piperidine rings is 1. The van der Waals surface area contributed by atoms with Gasteiger partial charge < -0.3 is 28.8 Å². The van der Waals surface area contributed by atoms with E-state index in [2.05, 4.69) is 22.3 Å². The van der Waals surface area contributed by atoms with E-state index < -0.39 is 6.09 Å². The summed E-state index contributed by atoms with van der Waals surface area (Å²) < 4.78 is 17.4. The fraction of sp³-hybridized carbons (Fsp3) is 0.296. The molecular weight excluding hydrogens is 510 g/mol. The number of likely N-dealkylation sites (tertiary alicyclic amines) is 1. The van der Waals surface area contributed by atoms with Crippen LogP contribution < -0.4 is 9.84 Å². The van der Waals surface area contributed by atoms with Gasteiger partial charge in [-0.3, -0.25) is 0 Å². The number of thioether (sulfide) groups is 1. The summed E-state index contributed by atoms with van der Waals surface area (Å²) in [5.74, 6) is 1.69. The van der Waals surface area contributed by atoms with Gasteiger partial charge in [0, 0.05) is 23.9 Å². The molecule has 1 saturated heterocycles. The van der Waals surface area contributed by atoms with Crippen LogP contribution in [-0.2, 0) is 18.0 Å². The summed E-state index contributed by atoms with van der Waals surface area (Å²) in [4.78, 5) is 19.3. The number of aromatic nitrogens is 2. The van der Waals surface area contributed by atoms with Gasteiger partial charge >= 0.3 is 0 Å². The predicted octanol–water partition coefficient (Wildman–Crippen LogP) is 4.82. The largest absolute Gasteiger partial charge is 0.530 e. The summed E-state index contributed by atoms with van der Waals surface area (Å²) in [6.45, 7) is 1.27. The van der Waals surface area contributed by atoms with E-state index in [1.807, 2.05) is 60.2 Å². The molecule has 2 aromatic heterocycles. The first-order valence-electron chi connectivity index (χ1n) is 11.9. The van der Waals surface area contributed by atoms with Gasteiger partial charge in [-0.1, -0.05) is 35.5 Å². The molecule has 1 aliphatic rings. The standard InChI is InChI=1S/C27H27N3O5S2/c1-36-21-10-4-18(5-11-21)16-34-23-15-30(27(31)32)13-12-22(23)19-6-8-20(9-7-19)33-17-25-28-26(29-35-25)24-3-2-14-37-24/h2-11,14,22-23H,12-13,15-17H2,1H3,(H,31,32)/p-1. The first-order chi connectivity index (χ1) is 18.1. The van der Waals surface area contributed by atoms with Crippen molar-refractivity contribution in [3.63, 3.8) is 0 Å². The van der Waals surface area contributed by atoms with Crippen LogP contribution in [0.15, 0.2) is 75.5 Å². The summed E-state index contributed by atoms with van der Waals surface area (Å²) >= 11 is 3.24. The minimum absolute atomic E-state index is 0.0550. The molecular formula is C27H26N3O5S2-. The average Bonchev–Trinajstić information content (AvgIpc) is 3.64. The van der Waals surface area contributed by atoms with Crippen molar-refractivity contribution in [3.05, 3.63) is 83.1 Å². The lowest BCUT2D eigenvalue weighted by atomic mass is 9.87. The van der Waals surface area contributed by atoms with Crippen LogP contribution in [0.25, 0.3) is 10.7 Å². The van der Waals surface area contributed by atoms with Gasteiger partial charge in [0.1, 0.15) is 11.8 Å². The zero-order chi connectivity index (χ0) is 25.6. The van der Waals surface area contributed by atoms with E-state index in [9.17, 15) is 9.90 Å². The summed E-state index contributed by atoms with van der Waals surface area (Å²) in [5.41, 5.74) is 2.12. The highest BCUT2D eigenvalue weighted by Crippen LogP contribution is 2.32. The van der Waals surface area contributed by atoms with Crippen LogP contribution in [-0.4, -0.2) is 46.6 Å². The van der Waals surface area contributed by atoms with Crippen LogP contribution in [0.1, 0.15) is 29.4 Å². The highest BCUT2D eigenvalue weighted by molar-refractivity contribution is 7.98. The van der Waals surface area contributed by atoms with E-state index in [1.54, 1.807) is 23.1 Å². The maximum absolute atomic E-state index is 11.5. The van der Waals surface area contributed by atoms with Crippen molar-refractivity contribution in [1.29, 1.82) is 0 Å². The van der Waals surface area contributed by atoms with Gasteiger partial charge in [-0.2, -0.15) is 4.98 Å². The molecule has 0 radical (unpaired) electrons. The van der Waals surface area contributed by atoms with E-state index in [4.69, 9.17) is 14.0 Å². The number of hydrogen-bond donors (Lipinski definition) is 0. The fourth-order valence-electron chi connectivity index (χ4n) is 4.33. The van der Waals surface area contributed by atoms with Crippen molar-refractivity contribution in [2.45, 2.75) is 36.6 Å². The van der Waals surface area contributed by atoms with Crippen molar-refractivity contribution < 1.29 is 23.9 Å². The second kappa shape index (κ2) is 11.8. The van der Waals surface area contributed by atoms with Crippen LogP contribution in [0.5, 0.6) is 5.75 Å². The number of nitrogens with zero attached hydrogens (tertiary/aromatic N) is 3. The summed E-state index contributed by atoms with van der Waals surface area (Å²) in [5, 5.41) is 17.5. The molecule has 10 heteroatoms. The molecule has 2 aromatic carbocycles. The maximum Gasteiger partial charge on any atom is 0.264 e. The molecule has 8 nitrogen and oxygen atoms in total. The Hall–Kier alpha value is -3.34. The number of amides is 1. The number of ether oxygens (including phenoxy) is 2. The van der Waals surface area contributed by atoms with Crippen molar-refractivity contribution in [3.8, 4) is 16.5 Å². The minimum Gasteiger partial charge on any atom is -0.530 e. The van der Waals surface area contributed by atoms with Crippen molar-refractivity contribution in [1.82, 2.24) is 15.0 Å². The zero-order valence-electron chi connectivity index (χ0n) is 20.2. The highest BCUT2D eigenvalue weighted by Gasteiger charge is 2.31. The first-order valence-corrected chi connectivity index (χ1v) is 14.0. The Kier molecular flexibility index (Phi) is 8.08.